The Morgan fingerprint density at radius 3 is 2.44 bits per heavy atom. The molecule has 0 spiro atoms. The first-order valence-electron chi connectivity index (χ1n) is 10.4. The normalized spacial score (nSPS) is 29.0. The van der Waals surface area contributed by atoms with Crippen LogP contribution >= 0.6 is 0 Å². The second kappa shape index (κ2) is 7.90. The number of carbonyl (C=O) groups is 1. The summed E-state index contributed by atoms with van der Waals surface area (Å²) in [5, 5.41) is 3.14. The van der Waals surface area contributed by atoms with Gasteiger partial charge in [-0.25, -0.2) is 0 Å². The van der Waals surface area contributed by atoms with Crippen LogP contribution in [0, 0.1) is 17.8 Å². The van der Waals surface area contributed by atoms with Crippen LogP contribution < -0.4 is 10.2 Å². The molecule has 1 amide bonds. The Labute approximate surface area is 152 Å². The Hall–Kier alpha value is -1.35. The number of piperidine rings is 1. The Balaban J connectivity index is 1.20. The second-order valence-corrected chi connectivity index (χ2v) is 8.72. The lowest BCUT2D eigenvalue weighted by atomic mass is 9.86. The Morgan fingerprint density at radius 2 is 1.76 bits per heavy atom. The molecular weight excluding hydrogens is 308 g/mol. The highest BCUT2D eigenvalue weighted by Gasteiger charge is 2.39. The van der Waals surface area contributed by atoms with Crippen molar-refractivity contribution in [2.45, 2.75) is 64.5 Å². The third-order valence-corrected chi connectivity index (χ3v) is 6.86. The maximum atomic E-state index is 12.3. The molecule has 2 N–H and O–H groups in total. The zero-order chi connectivity index (χ0) is 17.1. The van der Waals surface area contributed by atoms with E-state index in [0.29, 0.717) is 12.5 Å². The summed E-state index contributed by atoms with van der Waals surface area (Å²) in [6.07, 6.45) is 10.4. The van der Waals surface area contributed by atoms with E-state index in [2.05, 4.69) is 29.6 Å². The molecular formula is C22H33N2O+. The Kier molecular flexibility index (Phi) is 5.40. The fraction of sp³-hybridized carbons (Fsp3) is 0.682. The lowest BCUT2D eigenvalue weighted by Gasteiger charge is -2.23. The smallest absolute Gasteiger partial charge is 0.220 e. The van der Waals surface area contributed by atoms with Gasteiger partial charge in [0, 0.05) is 18.5 Å². The molecule has 3 nitrogen and oxygen atoms in total. The van der Waals surface area contributed by atoms with Gasteiger partial charge in [-0.2, -0.15) is 0 Å². The van der Waals surface area contributed by atoms with Gasteiger partial charge in [0.25, 0.3) is 0 Å². The van der Waals surface area contributed by atoms with Crippen molar-refractivity contribution in [3.8, 4) is 0 Å². The van der Waals surface area contributed by atoms with E-state index in [9.17, 15) is 4.79 Å². The molecule has 3 atom stereocenters. The van der Waals surface area contributed by atoms with Crippen molar-refractivity contribution in [2.75, 3.05) is 13.1 Å². The molecule has 1 aromatic rings. The predicted octanol–water partition coefficient (Wildman–Crippen LogP) is 2.70. The van der Waals surface area contributed by atoms with Gasteiger partial charge in [0.05, 0.1) is 13.1 Å². The topological polar surface area (TPSA) is 33.5 Å². The quantitative estimate of drug-likeness (QED) is 0.819. The molecule has 25 heavy (non-hydrogen) atoms. The molecule has 1 saturated heterocycles. The number of nitrogens with one attached hydrogen (secondary N) is 2. The molecule has 136 valence electrons. The summed E-state index contributed by atoms with van der Waals surface area (Å²) in [6.45, 7) is 4.47. The van der Waals surface area contributed by atoms with Gasteiger partial charge in [-0.3, -0.25) is 4.79 Å². The summed E-state index contributed by atoms with van der Waals surface area (Å²) in [6, 6.07) is 8.88. The summed E-state index contributed by atoms with van der Waals surface area (Å²) >= 11 is 0. The number of quaternary nitrogens is 1. The van der Waals surface area contributed by atoms with Gasteiger partial charge < -0.3 is 10.2 Å². The van der Waals surface area contributed by atoms with E-state index in [-0.39, 0.29) is 5.91 Å². The van der Waals surface area contributed by atoms with Gasteiger partial charge in [-0.15, -0.1) is 0 Å². The molecule has 1 heterocycles. The van der Waals surface area contributed by atoms with Crippen LogP contribution in [0.1, 0.15) is 62.5 Å². The van der Waals surface area contributed by atoms with Crippen LogP contribution in [-0.4, -0.2) is 19.0 Å². The highest BCUT2D eigenvalue weighted by Crippen LogP contribution is 2.49. The summed E-state index contributed by atoms with van der Waals surface area (Å²) in [5.41, 5.74) is 2.65. The standard InChI is InChI=1S/C22H32N2O/c25-22(14-21-13-19-8-9-20(21)12-19)23-15-17-4-6-18(7-5-17)16-24-10-2-1-3-11-24/h4-7,19-21H,1-3,8-16H2,(H,23,25)/p+1/t19-,20+,21+/m0/s1. The fourth-order valence-electron chi connectivity index (χ4n) is 5.43. The van der Waals surface area contributed by atoms with Crippen LogP contribution in [0.5, 0.6) is 0 Å². The van der Waals surface area contributed by atoms with E-state index in [1.807, 2.05) is 0 Å². The van der Waals surface area contributed by atoms with Crippen molar-refractivity contribution < 1.29 is 9.69 Å². The first-order valence-corrected chi connectivity index (χ1v) is 10.4. The van der Waals surface area contributed by atoms with Crippen LogP contribution in [0.15, 0.2) is 24.3 Å². The lowest BCUT2D eigenvalue weighted by molar-refractivity contribution is -0.918. The van der Waals surface area contributed by atoms with Crippen molar-refractivity contribution in [3.05, 3.63) is 35.4 Å². The SMILES string of the molecule is O=C(C[C@H]1C[C@H]2CC[C@@H]1C2)NCc1ccc(C[NH+]2CCCCC2)cc1. The van der Waals surface area contributed by atoms with E-state index < -0.39 is 0 Å². The molecule has 2 saturated carbocycles. The minimum atomic E-state index is 0.249. The zero-order valence-corrected chi connectivity index (χ0v) is 15.4. The molecule has 1 aliphatic heterocycles. The van der Waals surface area contributed by atoms with E-state index in [1.54, 1.807) is 4.90 Å². The number of hydrogen-bond acceptors (Lipinski definition) is 1. The number of rotatable bonds is 6. The van der Waals surface area contributed by atoms with Crippen molar-refractivity contribution in [1.82, 2.24) is 5.32 Å². The summed E-state index contributed by atoms with van der Waals surface area (Å²) in [4.78, 5) is 14.0. The third kappa shape index (κ3) is 4.44. The highest BCUT2D eigenvalue weighted by atomic mass is 16.1. The molecule has 3 aliphatic rings. The van der Waals surface area contributed by atoms with E-state index >= 15 is 0 Å². The van der Waals surface area contributed by atoms with Crippen LogP contribution in [0.25, 0.3) is 0 Å². The minimum Gasteiger partial charge on any atom is -0.352 e. The predicted molar refractivity (Wildman–Crippen MR) is 100 cm³/mol. The van der Waals surface area contributed by atoms with Gasteiger partial charge in [0.15, 0.2) is 0 Å². The Bertz CT molecular complexity index is 576. The number of likely N-dealkylation sites (tertiary alicyclic amines) is 1. The maximum absolute atomic E-state index is 12.3. The molecule has 2 aliphatic carbocycles. The van der Waals surface area contributed by atoms with Crippen molar-refractivity contribution in [2.24, 2.45) is 17.8 Å². The van der Waals surface area contributed by atoms with E-state index in [0.717, 1.165) is 24.8 Å². The number of amides is 1. The third-order valence-electron chi connectivity index (χ3n) is 6.86. The highest BCUT2D eigenvalue weighted by molar-refractivity contribution is 5.76. The average molecular weight is 342 g/mol. The second-order valence-electron chi connectivity index (χ2n) is 8.72. The van der Waals surface area contributed by atoms with Gasteiger partial charge in [0.1, 0.15) is 6.54 Å². The fourth-order valence-corrected chi connectivity index (χ4v) is 5.43. The summed E-state index contributed by atoms with van der Waals surface area (Å²) in [7, 11) is 0. The Morgan fingerprint density at radius 1 is 1.00 bits per heavy atom. The van der Waals surface area contributed by atoms with Crippen molar-refractivity contribution in [3.63, 3.8) is 0 Å². The van der Waals surface area contributed by atoms with Gasteiger partial charge in [0.2, 0.25) is 5.91 Å². The van der Waals surface area contributed by atoms with Crippen LogP contribution in [0.3, 0.4) is 0 Å². The molecule has 4 rings (SSSR count). The molecule has 0 unspecified atom stereocenters. The van der Waals surface area contributed by atoms with Gasteiger partial charge in [-0.05, 0) is 61.8 Å². The van der Waals surface area contributed by atoms with Gasteiger partial charge >= 0.3 is 0 Å². The monoisotopic (exact) mass is 341 g/mol. The van der Waals surface area contributed by atoms with E-state index in [1.165, 1.54) is 69.2 Å². The first-order chi connectivity index (χ1) is 12.3. The molecule has 3 fully saturated rings. The molecule has 3 heteroatoms. The zero-order valence-electron chi connectivity index (χ0n) is 15.4. The lowest BCUT2D eigenvalue weighted by Crippen LogP contribution is -3.11. The number of carbonyl (C=O) groups excluding carboxylic acids is 1. The largest absolute Gasteiger partial charge is 0.352 e. The van der Waals surface area contributed by atoms with Crippen LogP contribution in [-0.2, 0) is 17.9 Å². The molecule has 1 aromatic carbocycles. The molecule has 2 bridgehead atoms. The van der Waals surface area contributed by atoms with Crippen LogP contribution in [0.4, 0.5) is 0 Å². The van der Waals surface area contributed by atoms with Crippen molar-refractivity contribution in [1.29, 1.82) is 0 Å². The first kappa shape index (κ1) is 17.1. The minimum absolute atomic E-state index is 0.249. The van der Waals surface area contributed by atoms with Gasteiger partial charge in [-0.1, -0.05) is 30.7 Å². The molecule has 0 aromatic heterocycles. The van der Waals surface area contributed by atoms with E-state index in [4.69, 9.17) is 0 Å². The average Bonchev–Trinajstić information content (AvgIpc) is 3.25. The summed E-state index contributed by atoms with van der Waals surface area (Å²) < 4.78 is 0. The van der Waals surface area contributed by atoms with Crippen molar-refractivity contribution >= 4 is 5.91 Å². The maximum Gasteiger partial charge on any atom is 0.220 e. The number of fused-ring (bicyclic) bond motifs is 2. The number of benzene rings is 1. The summed E-state index contributed by atoms with van der Waals surface area (Å²) in [5.74, 6) is 2.68. The number of hydrogen-bond donors (Lipinski definition) is 2. The van der Waals surface area contributed by atoms with Crippen LogP contribution in [0.2, 0.25) is 0 Å². The molecule has 0 radical (unpaired) electrons.